The molecule has 2 aliphatic heterocycles. The summed E-state index contributed by atoms with van der Waals surface area (Å²) in [5, 5.41) is 0. The van der Waals surface area contributed by atoms with Crippen LogP contribution in [0.3, 0.4) is 0 Å². The molecule has 96 valence electrons. The number of nitrogens with zero attached hydrogens (tertiary/aromatic N) is 1. The molecule has 2 bridgehead atoms. The number of piperidine rings is 1. The van der Waals surface area contributed by atoms with Crippen molar-refractivity contribution in [3.05, 3.63) is 0 Å². The van der Waals surface area contributed by atoms with Gasteiger partial charge in [0.2, 0.25) is 0 Å². The van der Waals surface area contributed by atoms with Crippen LogP contribution in [0, 0.1) is 16.7 Å². The summed E-state index contributed by atoms with van der Waals surface area (Å²) >= 11 is 0. The van der Waals surface area contributed by atoms with E-state index in [0.717, 1.165) is 18.8 Å². The number of hydrogen-bond donors (Lipinski definition) is 0. The van der Waals surface area contributed by atoms with E-state index in [1.807, 2.05) is 0 Å². The number of rotatable bonds is 2. The van der Waals surface area contributed by atoms with Crippen LogP contribution in [0.5, 0.6) is 0 Å². The molecule has 2 heteroatoms. The number of Topliss-reactive ketones (excluding diaryl/α,β-unsaturated/α-hetero) is 1. The largest absolute Gasteiger partial charge is 0.300 e. The van der Waals surface area contributed by atoms with Gasteiger partial charge in [0.15, 0.2) is 0 Å². The molecular weight excluding hydrogens is 210 g/mol. The first kappa shape index (κ1) is 11.7. The summed E-state index contributed by atoms with van der Waals surface area (Å²) in [6, 6.07) is 1.15. The van der Waals surface area contributed by atoms with Crippen LogP contribution in [0.2, 0.25) is 0 Å². The maximum atomic E-state index is 11.6. The lowest BCUT2D eigenvalue weighted by molar-refractivity contribution is -0.123. The van der Waals surface area contributed by atoms with Crippen molar-refractivity contribution in [1.29, 1.82) is 0 Å². The second kappa shape index (κ2) is 3.34. The van der Waals surface area contributed by atoms with Crippen molar-refractivity contribution in [2.24, 2.45) is 16.7 Å². The minimum atomic E-state index is 0.480. The summed E-state index contributed by atoms with van der Waals surface area (Å²) < 4.78 is 0. The average Bonchev–Trinajstić information content (AvgIpc) is 2.46. The molecule has 2 heterocycles. The van der Waals surface area contributed by atoms with Crippen molar-refractivity contribution in [2.45, 2.75) is 65.5 Å². The molecule has 0 aromatic rings. The molecule has 3 fully saturated rings. The molecule has 2 nitrogen and oxygen atoms in total. The molecule has 0 N–H and O–H groups in total. The highest BCUT2D eigenvalue weighted by atomic mass is 16.1. The number of carbonyl (C=O) groups is 1. The highest BCUT2D eigenvalue weighted by molar-refractivity contribution is 5.80. The molecule has 0 radical (unpaired) electrons. The minimum absolute atomic E-state index is 0.480. The lowest BCUT2D eigenvalue weighted by Crippen LogP contribution is -2.44. The second-order valence-corrected chi connectivity index (χ2v) is 7.52. The quantitative estimate of drug-likeness (QED) is 0.733. The minimum Gasteiger partial charge on any atom is -0.300 e. The van der Waals surface area contributed by atoms with Crippen LogP contribution < -0.4 is 0 Å². The van der Waals surface area contributed by atoms with Gasteiger partial charge in [-0.1, -0.05) is 27.7 Å². The van der Waals surface area contributed by atoms with Crippen LogP contribution in [0.1, 0.15) is 53.4 Å². The molecule has 2 saturated heterocycles. The predicted molar refractivity (Wildman–Crippen MR) is 68.8 cm³/mol. The normalized spacial score (nSPS) is 39.6. The molecule has 0 aromatic carbocycles. The molecule has 2 unspecified atom stereocenters. The maximum Gasteiger partial charge on any atom is 0.136 e. The summed E-state index contributed by atoms with van der Waals surface area (Å²) in [7, 11) is 0. The lowest BCUT2D eigenvalue weighted by Gasteiger charge is -2.34. The lowest BCUT2D eigenvalue weighted by atomic mass is 10.00. The number of hydrogen-bond acceptors (Lipinski definition) is 2. The van der Waals surface area contributed by atoms with E-state index in [2.05, 4.69) is 32.6 Å². The standard InChI is InChI=1S/C15H25NO/c1-14(2)13(15(14,3)4)9-16-10-5-6-11(16)8-12(17)7-10/h10-11,13H,5-9H2,1-4H3. The van der Waals surface area contributed by atoms with E-state index < -0.39 is 0 Å². The van der Waals surface area contributed by atoms with Crippen molar-refractivity contribution in [2.75, 3.05) is 6.54 Å². The van der Waals surface area contributed by atoms with Gasteiger partial charge in [-0.25, -0.2) is 0 Å². The third-order valence-corrected chi connectivity index (χ3v) is 6.41. The van der Waals surface area contributed by atoms with Gasteiger partial charge in [-0.15, -0.1) is 0 Å². The first-order valence-electron chi connectivity index (χ1n) is 7.11. The van der Waals surface area contributed by atoms with Crippen molar-refractivity contribution < 1.29 is 4.79 Å². The second-order valence-electron chi connectivity index (χ2n) is 7.52. The number of fused-ring (bicyclic) bond motifs is 2. The molecule has 2 atom stereocenters. The fourth-order valence-corrected chi connectivity index (χ4v) is 4.36. The van der Waals surface area contributed by atoms with Crippen LogP contribution in [0.25, 0.3) is 0 Å². The SMILES string of the molecule is CC1(C)C(CN2C3CCC2CC(=O)C3)C1(C)C. The van der Waals surface area contributed by atoms with Crippen molar-refractivity contribution >= 4 is 5.78 Å². The highest BCUT2D eigenvalue weighted by Gasteiger charge is 2.65. The van der Waals surface area contributed by atoms with Gasteiger partial charge < -0.3 is 0 Å². The van der Waals surface area contributed by atoms with Gasteiger partial charge >= 0.3 is 0 Å². The van der Waals surface area contributed by atoms with Crippen LogP contribution >= 0.6 is 0 Å². The van der Waals surface area contributed by atoms with E-state index >= 15 is 0 Å². The molecule has 0 spiro atoms. The van der Waals surface area contributed by atoms with Gasteiger partial charge in [-0.2, -0.15) is 0 Å². The van der Waals surface area contributed by atoms with Crippen LogP contribution in [-0.2, 0) is 4.79 Å². The molecule has 0 aromatic heterocycles. The third-order valence-electron chi connectivity index (χ3n) is 6.41. The molecule has 1 saturated carbocycles. The first-order valence-corrected chi connectivity index (χ1v) is 7.11. The van der Waals surface area contributed by atoms with E-state index in [4.69, 9.17) is 0 Å². The highest BCUT2D eigenvalue weighted by Crippen LogP contribution is 2.68. The summed E-state index contributed by atoms with van der Waals surface area (Å²) in [4.78, 5) is 14.3. The Hall–Kier alpha value is -0.370. The van der Waals surface area contributed by atoms with Gasteiger partial charge in [0.05, 0.1) is 0 Å². The molecular formula is C15H25NO. The van der Waals surface area contributed by atoms with E-state index in [1.54, 1.807) is 0 Å². The van der Waals surface area contributed by atoms with E-state index in [9.17, 15) is 4.79 Å². The predicted octanol–water partition coefficient (Wildman–Crippen LogP) is 2.86. The van der Waals surface area contributed by atoms with Gasteiger partial charge in [0.1, 0.15) is 5.78 Å². The van der Waals surface area contributed by atoms with E-state index in [-0.39, 0.29) is 0 Å². The zero-order valence-corrected chi connectivity index (χ0v) is 11.6. The van der Waals surface area contributed by atoms with Crippen molar-refractivity contribution in [1.82, 2.24) is 4.90 Å². The van der Waals surface area contributed by atoms with E-state index in [0.29, 0.717) is 28.7 Å². The monoisotopic (exact) mass is 235 g/mol. The Morgan fingerprint density at radius 2 is 1.53 bits per heavy atom. The molecule has 17 heavy (non-hydrogen) atoms. The summed E-state index contributed by atoms with van der Waals surface area (Å²) in [6.07, 6.45) is 4.15. The molecule has 3 aliphatic rings. The molecule has 0 amide bonds. The van der Waals surface area contributed by atoms with Gasteiger partial charge in [-0.3, -0.25) is 9.69 Å². The van der Waals surface area contributed by atoms with Gasteiger partial charge in [0.25, 0.3) is 0 Å². The third kappa shape index (κ3) is 1.53. The van der Waals surface area contributed by atoms with Crippen LogP contribution in [0.15, 0.2) is 0 Å². The van der Waals surface area contributed by atoms with E-state index in [1.165, 1.54) is 19.4 Å². The van der Waals surface area contributed by atoms with Gasteiger partial charge in [0, 0.05) is 31.5 Å². The zero-order chi connectivity index (χ0) is 12.4. The van der Waals surface area contributed by atoms with Crippen molar-refractivity contribution in [3.63, 3.8) is 0 Å². The first-order chi connectivity index (χ1) is 7.84. The molecule has 3 rings (SSSR count). The fourth-order valence-electron chi connectivity index (χ4n) is 4.36. The van der Waals surface area contributed by atoms with Crippen molar-refractivity contribution in [3.8, 4) is 0 Å². The Labute approximate surface area is 105 Å². The fraction of sp³-hybridized carbons (Fsp3) is 0.933. The summed E-state index contributed by atoms with van der Waals surface area (Å²) in [5.41, 5.74) is 0.960. The smallest absolute Gasteiger partial charge is 0.136 e. The Kier molecular flexibility index (Phi) is 2.30. The maximum absolute atomic E-state index is 11.6. The Balaban J connectivity index is 1.70. The van der Waals surface area contributed by atoms with Crippen LogP contribution in [-0.4, -0.2) is 29.3 Å². The Morgan fingerprint density at radius 1 is 1.06 bits per heavy atom. The molecule has 1 aliphatic carbocycles. The topological polar surface area (TPSA) is 20.3 Å². The van der Waals surface area contributed by atoms with Crippen LogP contribution in [0.4, 0.5) is 0 Å². The zero-order valence-electron chi connectivity index (χ0n) is 11.6. The number of carbonyl (C=O) groups excluding carboxylic acids is 1. The Morgan fingerprint density at radius 3 is 1.94 bits per heavy atom. The summed E-state index contributed by atoms with van der Waals surface area (Å²) in [6.45, 7) is 10.8. The average molecular weight is 235 g/mol. The summed E-state index contributed by atoms with van der Waals surface area (Å²) in [5.74, 6) is 1.31. The Bertz CT molecular complexity index is 328. The van der Waals surface area contributed by atoms with Gasteiger partial charge in [-0.05, 0) is 29.6 Å². The number of ketones is 1.